The minimum atomic E-state index is -0.226. The van der Waals surface area contributed by atoms with Gasteiger partial charge in [0.05, 0.1) is 17.1 Å². The molecule has 0 radical (unpaired) electrons. The van der Waals surface area contributed by atoms with Gasteiger partial charge in [0.1, 0.15) is 12.2 Å². The summed E-state index contributed by atoms with van der Waals surface area (Å²) in [5, 5.41) is 11.0. The van der Waals surface area contributed by atoms with Crippen LogP contribution < -0.4 is 5.32 Å². The van der Waals surface area contributed by atoms with Gasteiger partial charge in [-0.2, -0.15) is 5.26 Å². The molecule has 5 heteroatoms. The minimum absolute atomic E-state index is 0.0845. The molecule has 0 aliphatic rings. The molecule has 1 heterocycles. The van der Waals surface area contributed by atoms with Crippen molar-refractivity contribution in [1.29, 1.82) is 5.26 Å². The minimum Gasteiger partial charge on any atom is -0.355 e. The van der Waals surface area contributed by atoms with Crippen LogP contribution >= 0.6 is 0 Å². The first-order valence-corrected chi connectivity index (χ1v) is 5.78. The van der Waals surface area contributed by atoms with Crippen molar-refractivity contribution in [3.05, 3.63) is 29.6 Å². The van der Waals surface area contributed by atoms with Crippen molar-refractivity contribution in [2.75, 3.05) is 6.54 Å². The summed E-state index contributed by atoms with van der Waals surface area (Å²) in [5.74, 6) is 0.667. The summed E-state index contributed by atoms with van der Waals surface area (Å²) in [6.07, 6.45) is 0.657. The van der Waals surface area contributed by atoms with Crippen LogP contribution in [0.15, 0.2) is 18.2 Å². The van der Waals surface area contributed by atoms with E-state index in [1.54, 1.807) is 0 Å². The molecule has 2 rings (SSSR count). The zero-order chi connectivity index (χ0) is 13.0. The molecule has 0 atom stereocenters. The van der Waals surface area contributed by atoms with Gasteiger partial charge in [-0.1, -0.05) is 6.07 Å². The molecule has 1 amide bonds. The molecule has 2 aromatic rings. The maximum absolute atomic E-state index is 11.1. The maximum atomic E-state index is 11.1. The monoisotopic (exact) mass is 242 g/mol. The summed E-state index contributed by atoms with van der Waals surface area (Å²) < 4.78 is 0. The second kappa shape index (κ2) is 5.32. The van der Waals surface area contributed by atoms with E-state index in [2.05, 4.69) is 15.3 Å². The summed E-state index contributed by atoms with van der Waals surface area (Å²) in [7, 11) is 0. The van der Waals surface area contributed by atoms with E-state index in [1.165, 1.54) is 0 Å². The van der Waals surface area contributed by atoms with Crippen molar-refractivity contribution in [3.8, 4) is 6.07 Å². The Morgan fingerprint density at radius 1 is 1.56 bits per heavy atom. The van der Waals surface area contributed by atoms with Crippen LogP contribution in [0.2, 0.25) is 0 Å². The number of nitrogens with one attached hydrogen (secondary N) is 2. The van der Waals surface area contributed by atoms with E-state index in [0.29, 0.717) is 6.54 Å². The number of hydrogen-bond acceptors (Lipinski definition) is 3. The van der Waals surface area contributed by atoms with Crippen molar-refractivity contribution in [1.82, 2.24) is 15.3 Å². The number of hydrogen-bond donors (Lipinski definition) is 2. The number of fused-ring (bicyclic) bond motifs is 1. The first-order chi connectivity index (χ1) is 8.69. The van der Waals surface area contributed by atoms with E-state index in [9.17, 15) is 4.79 Å². The molecule has 92 valence electrons. The lowest BCUT2D eigenvalue weighted by Crippen LogP contribution is -2.24. The van der Waals surface area contributed by atoms with E-state index < -0.39 is 0 Å². The average Bonchev–Trinajstić information content (AvgIpc) is 2.69. The number of carbonyl (C=O) groups is 1. The number of benzene rings is 1. The van der Waals surface area contributed by atoms with Gasteiger partial charge in [0.2, 0.25) is 5.91 Å². The fourth-order valence-corrected chi connectivity index (χ4v) is 1.82. The number of aryl methyl sites for hydroxylation is 1. The number of imidazole rings is 1. The van der Waals surface area contributed by atoms with Gasteiger partial charge < -0.3 is 10.3 Å². The second-order valence-electron chi connectivity index (χ2n) is 4.11. The first kappa shape index (κ1) is 12.1. The molecular formula is C13H14N4O. The second-order valence-corrected chi connectivity index (χ2v) is 4.11. The Bertz CT molecular complexity index is 609. The lowest BCUT2D eigenvalue weighted by molar-refractivity contribution is -0.120. The molecule has 5 nitrogen and oxygen atoms in total. The van der Waals surface area contributed by atoms with E-state index in [-0.39, 0.29) is 12.3 Å². The van der Waals surface area contributed by atoms with E-state index >= 15 is 0 Å². The summed E-state index contributed by atoms with van der Waals surface area (Å²) in [6.45, 7) is 2.46. The summed E-state index contributed by atoms with van der Waals surface area (Å²) in [4.78, 5) is 18.6. The first-order valence-electron chi connectivity index (χ1n) is 5.78. The summed E-state index contributed by atoms with van der Waals surface area (Å²) in [5.41, 5.74) is 3.08. The molecular weight excluding hydrogens is 228 g/mol. The number of carbonyl (C=O) groups excluding carboxylic acids is 1. The van der Waals surface area contributed by atoms with Gasteiger partial charge in [0, 0.05) is 6.54 Å². The van der Waals surface area contributed by atoms with Crippen molar-refractivity contribution in [3.63, 3.8) is 0 Å². The SMILES string of the molecule is Cc1nc2ccc(CCNC(=O)CC#N)cc2[nH]1. The molecule has 18 heavy (non-hydrogen) atoms. The quantitative estimate of drug-likeness (QED) is 0.851. The third-order valence-electron chi connectivity index (χ3n) is 2.64. The normalized spacial score (nSPS) is 10.2. The lowest BCUT2D eigenvalue weighted by Gasteiger charge is -2.03. The molecule has 2 N–H and O–H groups in total. The molecule has 0 bridgehead atoms. The highest BCUT2D eigenvalue weighted by atomic mass is 16.1. The molecule has 0 saturated heterocycles. The van der Waals surface area contributed by atoms with Crippen LogP contribution in [0.1, 0.15) is 17.8 Å². The van der Waals surface area contributed by atoms with Crippen molar-refractivity contribution >= 4 is 16.9 Å². The Balaban J connectivity index is 1.95. The largest absolute Gasteiger partial charge is 0.355 e. The Labute approximate surface area is 105 Å². The standard InChI is InChI=1S/C13H14N4O/c1-9-16-11-3-2-10(8-12(11)17-9)5-7-15-13(18)4-6-14/h2-3,8H,4-5,7H2,1H3,(H,15,18)(H,16,17). The van der Waals surface area contributed by atoms with Gasteiger partial charge >= 0.3 is 0 Å². The van der Waals surface area contributed by atoms with Crippen molar-refractivity contribution in [2.45, 2.75) is 19.8 Å². The summed E-state index contributed by atoms with van der Waals surface area (Å²) in [6, 6.07) is 7.81. The average molecular weight is 242 g/mol. The highest BCUT2D eigenvalue weighted by molar-refractivity contribution is 5.78. The van der Waals surface area contributed by atoms with Crippen molar-refractivity contribution < 1.29 is 4.79 Å². The van der Waals surface area contributed by atoms with Crippen molar-refractivity contribution in [2.24, 2.45) is 0 Å². The predicted octanol–water partition coefficient (Wildman–Crippen LogP) is 1.44. The Hall–Kier alpha value is -2.35. The predicted molar refractivity (Wildman–Crippen MR) is 67.8 cm³/mol. The van der Waals surface area contributed by atoms with Crippen LogP contribution in [0.5, 0.6) is 0 Å². The lowest BCUT2D eigenvalue weighted by atomic mass is 10.1. The smallest absolute Gasteiger partial charge is 0.234 e. The van der Waals surface area contributed by atoms with Crippen LogP contribution in [-0.4, -0.2) is 22.4 Å². The molecule has 1 aromatic carbocycles. The van der Waals surface area contributed by atoms with Gasteiger partial charge in [-0.15, -0.1) is 0 Å². The van der Waals surface area contributed by atoms with Crippen LogP contribution in [0.25, 0.3) is 11.0 Å². The molecule has 0 fully saturated rings. The zero-order valence-electron chi connectivity index (χ0n) is 10.2. The number of aromatic amines is 1. The van der Waals surface area contributed by atoms with Crippen LogP contribution in [-0.2, 0) is 11.2 Å². The Kier molecular flexibility index (Phi) is 3.58. The van der Waals surface area contributed by atoms with Gasteiger partial charge in [0.15, 0.2) is 0 Å². The van der Waals surface area contributed by atoms with E-state index in [0.717, 1.165) is 28.8 Å². The molecule has 0 unspecified atom stereocenters. The third-order valence-corrected chi connectivity index (χ3v) is 2.64. The Morgan fingerprint density at radius 2 is 2.39 bits per heavy atom. The van der Waals surface area contributed by atoms with Gasteiger partial charge in [-0.05, 0) is 31.0 Å². The third kappa shape index (κ3) is 2.86. The van der Waals surface area contributed by atoms with Gasteiger partial charge in [-0.3, -0.25) is 4.79 Å². The van der Waals surface area contributed by atoms with E-state index in [1.807, 2.05) is 31.2 Å². The molecule has 0 saturated carbocycles. The topological polar surface area (TPSA) is 81.6 Å². The van der Waals surface area contributed by atoms with Gasteiger partial charge in [-0.25, -0.2) is 4.98 Å². The Morgan fingerprint density at radius 3 is 3.17 bits per heavy atom. The van der Waals surface area contributed by atoms with Crippen LogP contribution in [0.4, 0.5) is 0 Å². The molecule has 0 aliphatic carbocycles. The summed E-state index contributed by atoms with van der Waals surface area (Å²) >= 11 is 0. The number of aromatic nitrogens is 2. The molecule has 0 aliphatic heterocycles. The van der Waals surface area contributed by atoms with Crippen LogP contribution in [0.3, 0.4) is 0 Å². The van der Waals surface area contributed by atoms with Gasteiger partial charge in [0.25, 0.3) is 0 Å². The number of amides is 1. The molecule has 1 aromatic heterocycles. The number of rotatable bonds is 4. The number of nitriles is 1. The highest BCUT2D eigenvalue weighted by Gasteiger charge is 2.02. The molecule has 0 spiro atoms. The highest BCUT2D eigenvalue weighted by Crippen LogP contribution is 2.13. The van der Waals surface area contributed by atoms with Crippen LogP contribution in [0, 0.1) is 18.3 Å². The van der Waals surface area contributed by atoms with E-state index in [4.69, 9.17) is 5.26 Å². The zero-order valence-corrected chi connectivity index (χ0v) is 10.2. The number of H-pyrrole nitrogens is 1. The fourth-order valence-electron chi connectivity index (χ4n) is 1.82. The maximum Gasteiger partial charge on any atom is 0.234 e. The number of nitrogens with zero attached hydrogens (tertiary/aromatic N) is 2. The fraction of sp³-hybridized carbons (Fsp3) is 0.308.